The van der Waals surface area contributed by atoms with Crippen LogP contribution in [-0.4, -0.2) is 5.71 Å². The van der Waals surface area contributed by atoms with Crippen LogP contribution in [0.4, 0.5) is 4.79 Å². The summed E-state index contributed by atoms with van der Waals surface area (Å²) in [5.74, 6) is 0.593. The molecule has 0 aliphatic heterocycles. The van der Waals surface area contributed by atoms with Gasteiger partial charge in [0.2, 0.25) is 0 Å². The number of ether oxygens (including phenoxy) is 1. The van der Waals surface area contributed by atoms with Gasteiger partial charge in [0.25, 0.3) is 0 Å². The Balaban J connectivity index is 1.95. The third kappa shape index (κ3) is 3.18. The minimum atomic E-state index is -0.211. The fourth-order valence-electron chi connectivity index (χ4n) is 1.26. The molecule has 0 bridgehead atoms. The highest BCUT2D eigenvalue weighted by molar-refractivity contribution is 7.64. The summed E-state index contributed by atoms with van der Waals surface area (Å²) in [6.45, 7) is 0. The molecular weight excluding hydrogens is 219 g/mol. The van der Waals surface area contributed by atoms with Crippen LogP contribution in [0, 0.1) is 0 Å². The second kappa shape index (κ2) is 5.43. The van der Waals surface area contributed by atoms with Crippen molar-refractivity contribution in [2.75, 3.05) is 0 Å². The Hall–Kier alpha value is -1.66. The minimum Gasteiger partial charge on any atom is -0.423 e. The Kier molecular flexibility index (Phi) is 3.68. The summed E-state index contributed by atoms with van der Waals surface area (Å²) in [4.78, 5) is 11.6. The molecule has 0 heterocycles. The zero-order valence-corrected chi connectivity index (χ0v) is 9.59. The van der Waals surface area contributed by atoms with Crippen LogP contribution >= 0.6 is 8.58 Å². The number of benzene rings is 2. The Morgan fingerprint density at radius 1 is 0.875 bits per heavy atom. The molecule has 2 aromatic rings. The highest BCUT2D eigenvalue weighted by Crippen LogP contribution is 2.17. The van der Waals surface area contributed by atoms with Gasteiger partial charge in [-0.1, -0.05) is 48.5 Å². The SMILES string of the molecule is O=C(Oc1ccccc1)Pc1ccccc1. The number of hydrogen-bond donors (Lipinski definition) is 0. The maximum absolute atomic E-state index is 11.6. The molecule has 0 spiro atoms. The summed E-state index contributed by atoms with van der Waals surface area (Å²) in [7, 11) is 0.0427. The van der Waals surface area contributed by atoms with Gasteiger partial charge in [-0.15, -0.1) is 0 Å². The van der Waals surface area contributed by atoms with E-state index in [-0.39, 0.29) is 14.3 Å². The average Bonchev–Trinajstić information content (AvgIpc) is 2.31. The standard InChI is InChI=1S/C13H11O2P/c14-13(15-11-7-3-1-4-8-11)16-12-9-5-2-6-10-12/h1-10,16H. The molecule has 16 heavy (non-hydrogen) atoms. The van der Waals surface area contributed by atoms with E-state index in [0.717, 1.165) is 5.30 Å². The van der Waals surface area contributed by atoms with Crippen molar-refractivity contribution in [2.24, 2.45) is 0 Å². The van der Waals surface area contributed by atoms with E-state index < -0.39 is 0 Å². The first-order valence-electron chi connectivity index (χ1n) is 4.93. The third-order valence-corrected chi connectivity index (χ3v) is 2.90. The van der Waals surface area contributed by atoms with Crippen LogP contribution in [0.25, 0.3) is 0 Å². The van der Waals surface area contributed by atoms with E-state index >= 15 is 0 Å². The molecule has 0 fully saturated rings. The summed E-state index contributed by atoms with van der Waals surface area (Å²) in [5, 5.41) is 0.989. The van der Waals surface area contributed by atoms with Crippen LogP contribution in [0.3, 0.4) is 0 Å². The molecule has 0 aliphatic carbocycles. The Morgan fingerprint density at radius 3 is 2.06 bits per heavy atom. The number of hydrogen-bond acceptors (Lipinski definition) is 2. The van der Waals surface area contributed by atoms with Gasteiger partial charge in [-0.05, 0) is 17.4 Å². The van der Waals surface area contributed by atoms with Crippen LogP contribution < -0.4 is 10.0 Å². The monoisotopic (exact) mass is 230 g/mol. The molecule has 0 amide bonds. The Labute approximate surface area is 96.0 Å². The highest BCUT2D eigenvalue weighted by atomic mass is 31.1. The summed E-state index contributed by atoms with van der Waals surface area (Å²) >= 11 is 0. The third-order valence-electron chi connectivity index (χ3n) is 1.97. The van der Waals surface area contributed by atoms with Crippen LogP contribution in [0.2, 0.25) is 0 Å². The van der Waals surface area contributed by atoms with Crippen molar-refractivity contribution >= 4 is 19.6 Å². The van der Waals surface area contributed by atoms with Gasteiger partial charge in [0.15, 0.2) is 0 Å². The van der Waals surface area contributed by atoms with Gasteiger partial charge in [-0.25, -0.2) is 4.79 Å². The summed E-state index contributed by atoms with van der Waals surface area (Å²) in [5.41, 5.74) is -0.211. The fraction of sp³-hybridized carbons (Fsp3) is 0. The minimum absolute atomic E-state index is 0.0427. The Morgan fingerprint density at radius 2 is 1.44 bits per heavy atom. The highest BCUT2D eigenvalue weighted by Gasteiger charge is 2.05. The lowest BCUT2D eigenvalue weighted by atomic mass is 10.3. The predicted octanol–water partition coefficient (Wildman–Crippen LogP) is 3.19. The second-order valence-electron chi connectivity index (χ2n) is 3.19. The molecule has 2 rings (SSSR count). The van der Waals surface area contributed by atoms with Gasteiger partial charge >= 0.3 is 5.71 Å². The quantitative estimate of drug-likeness (QED) is 0.757. The molecule has 0 aliphatic rings. The first-order valence-corrected chi connectivity index (χ1v) is 5.93. The van der Waals surface area contributed by atoms with Crippen molar-refractivity contribution in [2.45, 2.75) is 0 Å². The summed E-state index contributed by atoms with van der Waals surface area (Å²) in [6.07, 6.45) is 0. The van der Waals surface area contributed by atoms with Crippen LogP contribution in [0.1, 0.15) is 0 Å². The molecule has 80 valence electrons. The molecule has 0 saturated heterocycles. The van der Waals surface area contributed by atoms with Gasteiger partial charge in [0, 0.05) is 8.58 Å². The van der Waals surface area contributed by atoms with Crippen LogP contribution in [0.15, 0.2) is 60.7 Å². The maximum Gasteiger partial charge on any atom is 0.332 e. The summed E-state index contributed by atoms with van der Waals surface area (Å²) in [6, 6.07) is 18.7. The van der Waals surface area contributed by atoms with Crippen molar-refractivity contribution in [1.82, 2.24) is 0 Å². The van der Waals surface area contributed by atoms with Crippen LogP contribution in [-0.2, 0) is 0 Å². The number of carbonyl (C=O) groups is 1. The second-order valence-corrected chi connectivity index (χ2v) is 4.43. The largest absolute Gasteiger partial charge is 0.423 e. The van der Waals surface area contributed by atoms with Crippen LogP contribution in [0.5, 0.6) is 5.75 Å². The van der Waals surface area contributed by atoms with E-state index in [1.165, 1.54) is 0 Å². The first kappa shape index (κ1) is 10.8. The van der Waals surface area contributed by atoms with Crippen molar-refractivity contribution < 1.29 is 9.53 Å². The van der Waals surface area contributed by atoms with Crippen molar-refractivity contribution in [1.29, 1.82) is 0 Å². The molecule has 1 atom stereocenters. The normalized spacial score (nSPS) is 10.5. The van der Waals surface area contributed by atoms with E-state index in [4.69, 9.17) is 4.74 Å². The van der Waals surface area contributed by atoms with Crippen molar-refractivity contribution in [3.63, 3.8) is 0 Å². The lowest BCUT2D eigenvalue weighted by Gasteiger charge is -2.03. The molecular formula is C13H11O2P. The van der Waals surface area contributed by atoms with E-state index in [2.05, 4.69) is 0 Å². The number of rotatable bonds is 3. The van der Waals surface area contributed by atoms with Crippen molar-refractivity contribution in [3.05, 3.63) is 60.7 Å². The molecule has 1 unspecified atom stereocenters. The van der Waals surface area contributed by atoms with E-state index in [1.807, 2.05) is 48.5 Å². The molecule has 3 heteroatoms. The topological polar surface area (TPSA) is 26.3 Å². The lowest BCUT2D eigenvalue weighted by molar-refractivity contribution is 0.226. The average molecular weight is 230 g/mol. The van der Waals surface area contributed by atoms with Gasteiger partial charge in [-0.2, -0.15) is 0 Å². The lowest BCUT2D eigenvalue weighted by Crippen LogP contribution is -2.04. The van der Waals surface area contributed by atoms with Gasteiger partial charge in [0.1, 0.15) is 5.75 Å². The number of para-hydroxylation sites is 1. The Bertz CT molecular complexity index is 410. The first-order chi connectivity index (χ1) is 7.84. The molecule has 0 N–H and O–H groups in total. The van der Waals surface area contributed by atoms with E-state index in [1.54, 1.807) is 12.1 Å². The molecule has 0 saturated carbocycles. The van der Waals surface area contributed by atoms with Gasteiger partial charge < -0.3 is 4.74 Å². The molecule has 0 aromatic heterocycles. The molecule has 2 nitrogen and oxygen atoms in total. The summed E-state index contributed by atoms with van der Waals surface area (Å²) < 4.78 is 5.19. The zero-order valence-electron chi connectivity index (χ0n) is 8.59. The van der Waals surface area contributed by atoms with Crippen molar-refractivity contribution in [3.8, 4) is 5.75 Å². The predicted molar refractivity (Wildman–Crippen MR) is 66.9 cm³/mol. The van der Waals surface area contributed by atoms with E-state index in [9.17, 15) is 4.79 Å². The van der Waals surface area contributed by atoms with E-state index in [0.29, 0.717) is 5.75 Å². The smallest absolute Gasteiger partial charge is 0.332 e. The van der Waals surface area contributed by atoms with Gasteiger partial charge in [-0.3, -0.25) is 0 Å². The number of carbonyl (C=O) groups excluding carboxylic acids is 1. The molecule has 0 radical (unpaired) electrons. The molecule has 2 aromatic carbocycles. The zero-order chi connectivity index (χ0) is 11.2. The fourth-order valence-corrected chi connectivity index (χ4v) is 2.02. The van der Waals surface area contributed by atoms with Gasteiger partial charge in [0.05, 0.1) is 0 Å². The maximum atomic E-state index is 11.6.